The summed E-state index contributed by atoms with van der Waals surface area (Å²) in [6.45, 7) is 4.21. The largest absolute Gasteiger partial charge is 0.381 e. The lowest BCUT2D eigenvalue weighted by atomic mass is 9.75. The second-order valence-electron chi connectivity index (χ2n) is 6.63. The van der Waals surface area contributed by atoms with E-state index in [2.05, 4.69) is 12.3 Å². The second kappa shape index (κ2) is 8.23. The standard InChI is InChI=1S/C16H32N2O/c1-2-3-13-4-6-15(7-5-13)16(18-17)12-14-8-10-19-11-9-14/h13-16,18H,2-12,17H2,1H3. The molecule has 0 aromatic rings. The van der Waals surface area contributed by atoms with E-state index >= 15 is 0 Å². The second-order valence-corrected chi connectivity index (χ2v) is 6.63. The maximum atomic E-state index is 5.83. The van der Waals surface area contributed by atoms with Gasteiger partial charge in [0.25, 0.3) is 0 Å². The summed E-state index contributed by atoms with van der Waals surface area (Å²) in [5, 5.41) is 0. The highest BCUT2D eigenvalue weighted by molar-refractivity contribution is 4.83. The Morgan fingerprint density at radius 2 is 1.74 bits per heavy atom. The molecule has 0 amide bonds. The zero-order valence-electron chi connectivity index (χ0n) is 12.6. The minimum atomic E-state index is 0.533. The molecule has 0 radical (unpaired) electrons. The third kappa shape index (κ3) is 4.73. The van der Waals surface area contributed by atoms with Crippen LogP contribution in [0.15, 0.2) is 0 Å². The molecule has 0 spiro atoms. The van der Waals surface area contributed by atoms with Crippen molar-refractivity contribution >= 4 is 0 Å². The smallest absolute Gasteiger partial charge is 0.0468 e. The fraction of sp³-hybridized carbons (Fsp3) is 1.00. The number of nitrogens with one attached hydrogen (secondary N) is 1. The molecular weight excluding hydrogens is 236 g/mol. The number of rotatable bonds is 6. The Morgan fingerprint density at radius 3 is 2.32 bits per heavy atom. The molecule has 3 nitrogen and oxygen atoms in total. The SMILES string of the molecule is CCCC1CCC(C(CC2CCOCC2)NN)CC1. The molecule has 2 rings (SSSR count). The molecule has 0 bridgehead atoms. The lowest BCUT2D eigenvalue weighted by Gasteiger charge is -2.36. The van der Waals surface area contributed by atoms with E-state index in [4.69, 9.17) is 10.6 Å². The highest BCUT2D eigenvalue weighted by Gasteiger charge is 2.29. The van der Waals surface area contributed by atoms with Crippen LogP contribution in [0.25, 0.3) is 0 Å². The van der Waals surface area contributed by atoms with E-state index in [1.807, 2.05) is 0 Å². The molecule has 2 fully saturated rings. The molecule has 1 saturated carbocycles. The van der Waals surface area contributed by atoms with Crippen LogP contribution >= 0.6 is 0 Å². The van der Waals surface area contributed by atoms with Crippen molar-refractivity contribution in [1.29, 1.82) is 0 Å². The molecule has 3 heteroatoms. The summed E-state index contributed by atoms with van der Waals surface area (Å²) in [6, 6.07) is 0.533. The Morgan fingerprint density at radius 1 is 1.05 bits per heavy atom. The molecule has 1 atom stereocenters. The number of nitrogens with two attached hydrogens (primary N) is 1. The first-order valence-electron chi connectivity index (χ1n) is 8.37. The van der Waals surface area contributed by atoms with Crippen molar-refractivity contribution in [3.05, 3.63) is 0 Å². The van der Waals surface area contributed by atoms with Gasteiger partial charge >= 0.3 is 0 Å². The average molecular weight is 268 g/mol. The predicted molar refractivity (Wildman–Crippen MR) is 79.6 cm³/mol. The van der Waals surface area contributed by atoms with E-state index in [1.165, 1.54) is 57.8 Å². The fourth-order valence-corrected chi connectivity index (χ4v) is 4.03. The van der Waals surface area contributed by atoms with Gasteiger partial charge in [0.05, 0.1) is 0 Å². The molecule has 1 saturated heterocycles. The number of hydrazine groups is 1. The quantitative estimate of drug-likeness (QED) is 0.574. The lowest BCUT2D eigenvalue weighted by Crippen LogP contribution is -2.44. The molecule has 0 aromatic carbocycles. The van der Waals surface area contributed by atoms with E-state index in [9.17, 15) is 0 Å². The molecule has 19 heavy (non-hydrogen) atoms. The van der Waals surface area contributed by atoms with Crippen LogP contribution in [0, 0.1) is 17.8 Å². The van der Waals surface area contributed by atoms with Crippen LogP contribution in [0.1, 0.15) is 64.7 Å². The summed E-state index contributed by atoms with van der Waals surface area (Å²) in [7, 11) is 0. The van der Waals surface area contributed by atoms with Crippen LogP contribution in [-0.2, 0) is 4.74 Å². The van der Waals surface area contributed by atoms with Gasteiger partial charge in [-0.1, -0.05) is 32.6 Å². The van der Waals surface area contributed by atoms with Crippen molar-refractivity contribution in [1.82, 2.24) is 5.43 Å². The summed E-state index contributed by atoms with van der Waals surface area (Å²) in [5.74, 6) is 8.45. The summed E-state index contributed by atoms with van der Waals surface area (Å²) < 4.78 is 5.45. The normalized spacial score (nSPS) is 31.3. The molecule has 1 aliphatic carbocycles. The van der Waals surface area contributed by atoms with Crippen LogP contribution in [-0.4, -0.2) is 19.3 Å². The molecule has 0 aromatic heterocycles. The zero-order valence-corrected chi connectivity index (χ0v) is 12.6. The van der Waals surface area contributed by atoms with Gasteiger partial charge in [-0.2, -0.15) is 0 Å². The predicted octanol–water partition coefficient (Wildman–Crippen LogP) is 3.24. The van der Waals surface area contributed by atoms with E-state index in [1.54, 1.807) is 0 Å². The molecule has 1 aliphatic heterocycles. The molecule has 112 valence electrons. The van der Waals surface area contributed by atoms with E-state index in [-0.39, 0.29) is 0 Å². The van der Waals surface area contributed by atoms with Crippen LogP contribution in [0.5, 0.6) is 0 Å². The van der Waals surface area contributed by atoms with Gasteiger partial charge in [-0.25, -0.2) is 0 Å². The monoisotopic (exact) mass is 268 g/mol. The Bertz CT molecular complexity index is 233. The first-order chi connectivity index (χ1) is 9.33. The van der Waals surface area contributed by atoms with Gasteiger partial charge < -0.3 is 4.74 Å². The highest BCUT2D eigenvalue weighted by Crippen LogP contribution is 2.35. The summed E-state index contributed by atoms with van der Waals surface area (Å²) in [4.78, 5) is 0. The van der Waals surface area contributed by atoms with Gasteiger partial charge in [0.1, 0.15) is 0 Å². The maximum Gasteiger partial charge on any atom is 0.0468 e. The summed E-state index contributed by atoms with van der Waals surface area (Å²) >= 11 is 0. The Hall–Kier alpha value is -0.120. The maximum absolute atomic E-state index is 5.83. The molecule has 3 N–H and O–H groups in total. The first kappa shape index (κ1) is 15.3. The van der Waals surface area contributed by atoms with Gasteiger partial charge in [0.15, 0.2) is 0 Å². The van der Waals surface area contributed by atoms with Crippen molar-refractivity contribution < 1.29 is 4.74 Å². The van der Waals surface area contributed by atoms with Gasteiger partial charge in [-0.3, -0.25) is 11.3 Å². The molecule has 1 unspecified atom stereocenters. The van der Waals surface area contributed by atoms with Crippen molar-refractivity contribution in [3.63, 3.8) is 0 Å². The van der Waals surface area contributed by atoms with Gasteiger partial charge in [-0.05, 0) is 49.9 Å². The average Bonchev–Trinajstić information content (AvgIpc) is 2.47. The van der Waals surface area contributed by atoms with E-state index < -0.39 is 0 Å². The van der Waals surface area contributed by atoms with Crippen LogP contribution in [0.2, 0.25) is 0 Å². The zero-order chi connectivity index (χ0) is 13.5. The molecule has 1 heterocycles. The van der Waals surface area contributed by atoms with Crippen molar-refractivity contribution in [3.8, 4) is 0 Å². The van der Waals surface area contributed by atoms with Crippen LogP contribution in [0.4, 0.5) is 0 Å². The fourth-order valence-electron chi connectivity index (χ4n) is 4.03. The Balaban J connectivity index is 1.75. The third-order valence-electron chi connectivity index (χ3n) is 5.30. The van der Waals surface area contributed by atoms with Gasteiger partial charge in [-0.15, -0.1) is 0 Å². The summed E-state index contributed by atoms with van der Waals surface area (Å²) in [5.41, 5.74) is 3.13. The first-order valence-corrected chi connectivity index (χ1v) is 8.37. The van der Waals surface area contributed by atoms with Crippen molar-refractivity contribution in [2.45, 2.75) is 70.8 Å². The minimum Gasteiger partial charge on any atom is -0.381 e. The Labute approximate surface area is 118 Å². The minimum absolute atomic E-state index is 0.533. The summed E-state index contributed by atoms with van der Waals surface area (Å²) in [6.07, 6.45) is 12.1. The van der Waals surface area contributed by atoms with E-state index in [0.29, 0.717) is 6.04 Å². The van der Waals surface area contributed by atoms with Crippen LogP contribution < -0.4 is 11.3 Å². The Kier molecular flexibility index (Phi) is 6.62. The van der Waals surface area contributed by atoms with E-state index in [0.717, 1.165) is 31.0 Å². The van der Waals surface area contributed by atoms with Gasteiger partial charge in [0, 0.05) is 19.3 Å². The topological polar surface area (TPSA) is 47.3 Å². The van der Waals surface area contributed by atoms with Crippen molar-refractivity contribution in [2.75, 3.05) is 13.2 Å². The number of hydrogen-bond donors (Lipinski definition) is 2. The molecular formula is C16H32N2O. The van der Waals surface area contributed by atoms with Crippen LogP contribution in [0.3, 0.4) is 0 Å². The van der Waals surface area contributed by atoms with Gasteiger partial charge in [0.2, 0.25) is 0 Å². The highest BCUT2D eigenvalue weighted by atomic mass is 16.5. The number of ether oxygens (including phenoxy) is 1. The number of hydrogen-bond acceptors (Lipinski definition) is 3. The van der Waals surface area contributed by atoms with Crippen molar-refractivity contribution in [2.24, 2.45) is 23.6 Å². The lowest BCUT2D eigenvalue weighted by molar-refractivity contribution is 0.0556. The molecule has 2 aliphatic rings. The third-order valence-corrected chi connectivity index (χ3v) is 5.30.